The van der Waals surface area contributed by atoms with E-state index in [9.17, 15) is 0 Å². The number of ether oxygens (including phenoxy) is 2. The van der Waals surface area contributed by atoms with Gasteiger partial charge in [0.15, 0.2) is 11.5 Å². The average Bonchev–Trinajstić information content (AvgIpc) is 3.09. The lowest BCUT2D eigenvalue weighted by atomic mass is 10.1. The molecular formula is C22H25N3O2. The zero-order valence-corrected chi connectivity index (χ0v) is 15.6. The first-order chi connectivity index (χ1) is 13.3. The quantitative estimate of drug-likeness (QED) is 0.651. The van der Waals surface area contributed by atoms with E-state index < -0.39 is 0 Å². The summed E-state index contributed by atoms with van der Waals surface area (Å²) in [4.78, 5) is 0. The number of nitrogens with zero attached hydrogens (tertiary/aromatic N) is 2. The molecule has 1 aliphatic heterocycles. The molecule has 27 heavy (non-hydrogen) atoms. The molecule has 2 aromatic carbocycles. The SMILES string of the molecule is Cc1nn(-c2ccccc2)cc1CCCNCc1ccc2c(c1)OCCO2. The van der Waals surface area contributed by atoms with E-state index in [0.717, 1.165) is 48.8 Å². The van der Waals surface area contributed by atoms with Gasteiger partial charge in [-0.05, 0) is 61.7 Å². The molecule has 0 radical (unpaired) electrons. The Bertz CT molecular complexity index is 890. The van der Waals surface area contributed by atoms with E-state index in [1.807, 2.05) is 28.9 Å². The van der Waals surface area contributed by atoms with Crippen molar-refractivity contribution in [2.24, 2.45) is 0 Å². The molecule has 2 heterocycles. The van der Waals surface area contributed by atoms with Gasteiger partial charge in [-0.2, -0.15) is 5.10 Å². The minimum absolute atomic E-state index is 0.625. The number of fused-ring (bicyclic) bond motifs is 1. The molecule has 0 atom stereocenters. The van der Waals surface area contributed by atoms with Crippen LogP contribution >= 0.6 is 0 Å². The van der Waals surface area contributed by atoms with E-state index in [-0.39, 0.29) is 0 Å². The second-order valence-corrected chi connectivity index (χ2v) is 6.78. The first kappa shape index (κ1) is 17.6. The van der Waals surface area contributed by atoms with Crippen LogP contribution in [-0.4, -0.2) is 29.5 Å². The normalized spacial score (nSPS) is 12.9. The first-order valence-electron chi connectivity index (χ1n) is 9.49. The number of hydrogen-bond donors (Lipinski definition) is 1. The summed E-state index contributed by atoms with van der Waals surface area (Å²) < 4.78 is 13.2. The summed E-state index contributed by atoms with van der Waals surface area (Å²) in [5, 5.41) is 8.15. The van der Waals surface area contributed by atoms with Crippen molar-refractivity contribution in [3.8, 4) is 17.2 Å². The maximum absolute atomic E-state index is 5.64. The topological polar surface area (TPSA) is 48.3 Å². The highest BCUT2D eigenvalue weighted by Crippen LogP contribution is 2.30. The lowest BCUT2D eigenvalue weighted by Crippen LogP contribution is -2.17. The molecule has 0 unspecified atom stereocenters. The second-order valence-electron chi connectivity index (χ2n) is 6.78. The molecule has 1 aliphatic rings. The first-order valence-corrected chi connectivity index (χ1v) is 9.49. The van der Waals surface area contributed by atoms with Gasteiger partial charge in [0.05, 0.1) is 11.4 Å². The van der Waals surface area contributed by atoms with Gasteiger partial charge in [-0.3, -0.25) is 0 Å². The van der Waals surface area contributed by atoms with Crippen LogP contribution in [0.3, 0.4) is 0 Å². The van der Waals surface area contributed by atoms with E-state index in [1.165, 1.54) is 11.1 Å². The summed E-state index contributed by atoms with van der Waals surface area (Å²) in [6.07, 6.45) is 4.24. The third kappa shape index (κ3) is 4.31. The molecule has 0 bridgehead atoms. The van der Waals surface area contributed by atoms with Crippen LogP contribution in [0.1, 0.15) is 23.2 Å². The fraction of sp³-hybridized carbons (Fsp3) is 0.318. The van der Waals surface area contributed by atoms with E-state index in [4.69, 9.17) is 9.47 Å². The smallest absolute Gasteiger partial charge is 0.161 e. The lowest BCUT2D eigenvalue weighted by molar-refractivity contribution is 0.171. The van der Waals surface area contributed by atoms with Crippen LogP contribution in [0.15, 0.2) is 54.7 Å². The van der Waals surface area contributed by atoms with Gasteiger partial charge >= 0.3 is 0 Å². The molecule has 0 amide bonds. The van der Waals surface area contributed by atoms with Crippen LogP contribution in [0.4, 0.5) is 0 Å². The average molecular weight is 363 g/mol. The van der Waals surface area contributed by atoms with Crippen molar-refractivity contribution in [3.05, 3.63) is 71.5 Å². The van der Waals surface area contributed by atoms with Gasteiger partial charge in [-0.25, -0.2) is 4.68 Å². The largest absolute Gasteiger partial charge is 0.486 e. The maximum Gasteiger partial charge on any atom is 0.161 e. The summed E-state index contributed by atoms with van der Waals surface area (Å²) in [5.74, 6) is 1.69. The maximum atomic E-state index is 5.64. The number of aromatic nitrogens is 2. The third-order valence-corrected chi connectivity index (χ3v) is 4.76. The van der Waals surface area contributed by atoms with Crippen LogP contribution < -0.4 is 14.8 Å². The van der Waals surface area contributed by atoms with Crippen molar-refractivity contribution in [2.45, 2.75) is 26.3 Å². The molecule has 0 saturated heterocycles. The molecule has 140 valence electrons. The minimum Gasteiger partial charge on any atom is -0.486 e. The Labute approximate surface area is 159 Å². The van der Waals surface area contributed by atoms with Gasteiger partial charge < -0.3 is 14.8 Å². The minimum atomic E-state index is 0.625. The van der Waals surface area contributed by atoms with Gasteiger partial charge in [-0.1, -0.05) is 24.3 Å². The predicted octanol–water partition coefficient (Wildman–Crippen LogP) is 3.67. The summed E-state index contributed by atoms with van der Waals surface area (Å²) in [5.41, 5.74) is 4.72. The molecule has 0 aliphatic carbocycles. The van der Waals surface area contributed by atoms with Gasteiger partial charge in [0.25, 0.3) is 0 Å². The van der Waals surface area contributed by atoms with Gasteiger partial charge in [0.2, 0.25) is 0 Å². The van der Waals surface area contributed by atoms with Crippen LogP contribution in [0.25, 0.3) is 5.69 Å². The Balaban J connectivity index is 1.25. The number of hydrogen-bond acceptors (Lipinski definition) is 4. The Hall–Kier alpha value is -2.79. The van der Waals surface area contributed by atoms with Crippen LogP contribution in [0.2, 0.25) is 0 Å². The van der Waals surface area contributed by atoms with Crippen LogP contribution in [-0.2, 0) is 13.0 Å². The predicted molar refractivity (Wildman–Crippen MR) is 106 cm³/mol. The van der Waals surface area contributed by atoms with Crippen molar-refractivity contribution in [3.63, 3.8) is 0 Å². The fourth-order valence-electron chi connectivity index (χ4n) is 3.29. The van der Waals surface area contributed by atoms with Gasteiger partial charge in [0.1, 0.15) is 13.2 Å². The third-order valence-electron chi connectivity index (χ3n) is 4.76. The van der Waals surface area contributed by atoms with Crippen molar-refractivity contribution in [1.82, 2.24) is 15.1 Å². The molecule has 3 aromatic rings. The highest BCUT2D eigenvalue weighted by atomic mass is 16.6. The molecule has 0 saturated carbocycles. The molecule has 5 heteroatoms. The Morgan fingerprint density at radius 3 is 2.70 bits per heavy atom. The zero-order valence-electron chi connectivity index (χ0n) is 15.6. The summed E-state index contributed by atoms with van der Waals surface area (Å²) in [7, 11) is 0. The monoisotopic (exact) mass is 363 g/mol. The number of aryl methyl sites for hydroxylation is 2. The molecule has 4 rings (SSSR count). The Morgan fingerprint density at radius 1 is 1.04 bits per heavy atom. The molecule has 0 spiro atoms. The van der Waals surface area contributed by atoms with Gasteiger partial charge in [-0.15, -0.1) is 0 Å². The highest BCUT2D eigenvalue weighted by molar-refractivity contribution is 5.43. The van der Waals surface area contributed by atoms with E-state index >= 15 is 0 Å². The fourth-order valence-corrected chi connectivity index (χ4v) is 3.29. The molecule has 5 nitrogen and oxygen atoms in total. The lowest BCUT2D eigenvalue weighted by Gasteiger charge is -2.19. The van der Waals surface area contributed by atoms with Crippen LogP contribution in [0.5, 0.6) is 11.5 Å². The van der Waals surface area contributed by atoms with E-state index in [0.29, 0.717) is 13.2 Å². The number of rotatable bonds is 7. The van der Waals surface area contributed by atoms with E-state index in [1.54, 1.807) is 0 Å². The summed E-state index contributed by atoms with van der Waals surface area (Å²) >= 11 is 0. The van der Waals surface area contributed by atoms with Crippen molar-refractivity contribution in [1.29, 1.82) is 0 Å². The second kappa shape index (κ2) is 8.27. The standard InChI is InChI=1S/C22H25N3O2/c1-17-19(16-25(24-17)20-7-3-2-4-8-20)6-5-11-23-15-18-9-10-21-22(14-18)27-13-12-26-21/h2-4,7-10,14,16,23H,5-6,11-13,15H2,1H3. The van der Waals surface area contributed by atoms with Gasteiger partial charge in [0, 0.05) is 12.7 Å². The van der Waals surface area contributed by atoms with Crippen molar-refractivity contribution >= 4 is 0 Å². The molecule has 0 fully saturated rings. The van der Waals surface area contributed by atoms with E-state index in [2.05, 4.69) is 47.8 Å². The van der Waals surface area contributed by atoms with Crippen molar-refractivity contribution < 1.29 is 9.47 Å². The number of para-hydroxylation sites is 1. The molecule has 1 N–H and O–H groups in total. The number of benzene rings is 2. The highest BCUT2D eigenvalue weighted by Gasteiger charge is 2.11. The Kier molecular flexibility index (Phi) is 5.39. The number of nitrogens with one attached hydrogen (secondary N) is 1. The molecule has 1 aromatic heterocycles. The molecular weight excluding hydrogens is 338 g/mol. The van der Waals surface area contributed by atoms with Crippen LogP contribution in [0, 0.1) is 6.92 Å². The zero-order chi connectivity index (χ0) is 18.5. The van der Waals surface area contributed by atoms with Crippen molar-refractivity contribution in [2.75, 3.05) is 19.8 Å². The summed E-state index contributed by atoms with van der Waals surface area (Å²) in [6, 6.07) is 16.4. The Morgan fingerprint density at radius 2 is 1.85 bits per heavy atom. The summed E-state index contributed by atoms with van der Waals surface area (Å²) in [6.45, 7) is 5.13.